The number of carbonyl (C=O) groups is 2. The van der Waals surface area contributed by atoms with Crippen molar-refractivity contribution in [1.29, 1.82) is 5.26 Å². The molecule has 1 aromatic heterocycles. The van der Waals surface area contributed by atoms with E-state index in [1.54, 1.807) is 6.07 Å². The molecule has 0 aliphatic carbocycles. The minimum Gasteiger partial charge on any atom is -0.489 e. The van der Waals surface area contributed by atoms with Gasteiger partial charge in [0.05, 0.1) is 22.2 Å². The van der Waals surface area contributed by atoms with Gasteiger partial charge >= 0.3 is 0 Å². The molecule has 13 nitrogen and oxygen atoms in total. The first kappa shape index (κ1) is 47.8. The van der Waals surface area contributed by atoms with E-state index in [2.05, 4.69) is 57.8 Å². The summed E-state index contributed by atoms with van der Waals surface area (Å²) in [4.78, 5) is 42.0. The van der Waals surface area contributed by atoms with Gasteiger partial charge in [-0.1, -0.05) is 51.4 Å². The molecule has 2 fully saturated rings. The predicted molar refractivity (Wildman–Crippen MR) is 252 cm³/mol. The molecule has 0 saturated carbocycles. The number of ketones is 2. The Bertz CT molecular complexity index is 2290. The number of nitriles is 1. The second-order valence-electron chi connectivity index (χ2n) is 17.2. The quantitative estimate of drug-likeness (QED) is 0.0288. The van der Waals surface area contributed by atoms with Crippen molar-refractivity contribution < 1.29 is 28.4 Å². The number of piperidine rings is 1. The molecule has 6 rings (SSSR count). The zero-order chi connectivity index (χ0) is 45.5. The number of alkyl halides is 1. The standard InChI is InChI=1S/C47H59Cl2N8O5S/c1-7-31(2)44(59)40-13-10-38(27-41(40)32(3)58)55-21-19-54(20-22-55)29-33-14-17-56(18-15-33)43-26-37(51-46(52-43)53-57(6,60)63)30-62-39-11-8-35(9-12-39)47(4,5)36-24-34(28-50)45(42(49)25-36)61-23-16-48/h8-13,24-27,31,33,60,63H,7,14-23,29-30H2,1-6H3,(H,51,52,53)/q+1. The van der Waals surface area contributed by atoms with E-state index in [0.29, 0.717) is 44.8 Å². The number of hydrogen-bond donors (Lipinski definition) is 3. The lowest BCUT2D eigenvalue weighted by Crippen LogP contribution is -2.49. The Kier molecular flexibility index (Phi) is 15.9. The number of aromatic nitrogens is 2. The van der Waals surface area contributed by atoms with Crippen LogP contribution in [0.5, 0.6) is 11.5 Å². The fourth-order valence-electron chi connectivity index (χ4n) is 8.16. The van der Waals surface area contributed by atoms with Gasteiger partial charge in [0.25, 0.3) is 5.95 Å². The molecule has 63 heavy (non-hydrogen) atoms. The highest BCUT2D eigenvalue weighted by Gasteiger charge is 2.29. The molecule has 2 unspecified atom stereocenters. The lowest BCUT2D eigenvalue weighted by Gasteiger charge is -2.40. The van der Waals surface area contributed by atoms with Crippen LogP contribution in [0.1, 0.15) is 97.0 Å². The van der Waals surface area contributed by atoms with Crippen LogP contribution in [0.15, 0.2) is 60.7 Å². The molecule has 3 heterocycles. The van der Waals surface area contributed by atoms with Crippen molar-refractivity contribution in [2.75, 3.05) is 80.6 Å². The molecule has 0 bridgehead atoms. The molecule has 2 atom stereocenters. The monoisotopic (exact) mass is 917 g/mol. The van der Waals surface area contributed by atoms with E-state index in [-0.39, 0.29) is 42.5 Å². The van der Waals surface area contributed by atoms with E-state index in [9.17, 15) is 20.1 Å². The average molecular weight is 919 g/mol. The molecule has 2 N–H and O–H groups in total. The summed E-state index contributed by atoms with van der Waals surface area (Å²) in [5.41, 5.74) is 7.23. The Labute approximate surface area is 387 Å². The topological polar surface area (TPSA) is 144 Å². The summed E-state index contributed by atoms with van der Waals surface area (Å²) in [5, 5.41) is 20.6. The van der Waals surface area contributed by atoms with Crippen LogP contribution in [0.2, 0.25) is 5.02 Å². The minimum absolute atomic E-state index is 0.0270. The zero-order valence-electron chi connectivity index (χ0n) is 37.0. The van der Waals surface area contributed by atoms with Gasteiger partial charge in [-0.2, -0.15) is 20.9 Å². The van der Waals surface area contributed by atoms with E-state index < -0.39 is 9.58 Å². The number of thiol groups is 1. The third-order valence-electron chi connectivity index (χ3n) is 12.1. The molecule has 2 saturated heterocycles. The fraction of sp³-hybridized carbons (Fsp3) is 0.468. The van der Waals surface area contributed by atoms with Crippen LogP contribution in [0.4, 0.5) is 17.5 Å². The Morgan fingerprint density at radius 3 is 2.30 bits per heavy atom. The molecule has 336 valence electrons. The lowest BCUT2D eigenvalue weighted by molar-refractivity contribution is -0.955. The van der Waals surface area contributed by atoms with Crippen LogP contribution >= 0.6 is 36.0 Å². The van der Waals surface area contributed by atoms with Crippen molar-refractivity contribution in [3.05, 3.63) is 99.2 Å². The molecular weight excluding hydrogens is 860 g/mol. The number of rotatable bonds is 18. The van der Waals surface area contributed by atoms with Gasteiger partial charge in [0, 0.05) is 80.0 Å². The summed E-state index contributed by atoms with van der Waals surface area (Å²) in [6, 6.07) is 21.3. The first-order valence-corrected chi connectivity index (χ1v) is 22.9. The SMILES string of the molecule is CCC(C)C(=O)c1ccc(N2CCN(CC3CCN(c4cc(COc5ccc(C(C)(C)c6cc(Cl)c(OCCCl)c(C#N)c6)cc5)nc(N[N+](C)(O)S)n4)CC3)CC2)cc1C(C)=O. The molecule has 4 aromatic rings. The smallest absolute Gasteiger partial charge is 0.275 e. The molecule has 2 aliphatic rings. The van der Waals surface area contributed by atoms with E-state index in [1.807, 2.05) is 68.4 Å². The molecule has 16 heteroatoms. The van der Waals surface area contributed by atoms with Crippen molar-refractivity contribution in [2.24, 2.45) is 11.8 Å². The second kappa shape index (κ2) is 20.9. The number of Topliss-reactive ketones (excluding diaryl/α,β-unsaturated/α-hetero) is 2. The number of hydrogen-bond acceptors (Lipinski definition) is 13. The second-order valence-corrected chi connectivity index (χ2v) is 18.7. The number of quaternary nitrogens is 1. The number of nitrogens with zero attached hydrogens (tertiary/aromatic N) is 7. The molecule has 0 radical (unpaired) electrons. The number of ether oxygens (including phenoxy) is 2. The van der Waals surface area contributed by atoms with Crippen molar-refractivity contribution in [3.8, 4) is 17.6 Å². The van der Waals surface area contributed by atoms with E-state index in [1.165, 1.54) is 14.0 Å². The highest BCUT2D eigenvalue weighted by molar-refractivity contribution is 7.74. The van der Waals surface area contributed by atoms with Gasteiger partial charge in [0.1, 0.15) is 50.7 Å². The minimum atomic E-state index is -0.846. The van der Waals surface area contributed by atoms with Crippen molar-refractivity contribution in [2.45, 2.75) is 65.9 Å². The normalized spacial score (nSPS) is 16.5. The lowest BCUT2D eigenvalue weighted by atomic mass is 9.77. The van der Waals surface area contributed by atoms with E-state index in [4.69, 9.17) is 37.7 Å². The van der Waals surface area contributed by atoms with Crippen LogP contribution in [-0.2, 0) is 12.0 Å². The summed E-state index contributed by atoms with van der Waals surface area (Å²) in [6.45, 7) is 16.2. The predicted octanol–water partition coefficient (Wildman–Crippen LogP) is 9.00. The number of hydroxylamine groups is 1. The zero-order valence-corrected chi connectivity index (χ0v) is 39.4. The number of nitrogens with one attached hydrogen (secondary N) is 1. The van der Waals surface area contributed by atoms with Crippen molar-refractivity contribution >= 4 is 65.0 Å². The maximum Gasteiger partial charge on any atom is 0.275 e. The van der Waals surface area contributed by atoms with Gasteiger partial charge in [-0.15, -0.1) is 11.6 Å². The number of benzene rings is 3. The van der Waals surface area contributed by atoms with Crippen LogP contribution in [0.25, 0.3) is 0 Å². The van der Waals surface area contributed by atoms with Gasteiger partial charge in [-0.3, -0.25) is 14.5 Å². The molecule has 2 aliphatic heterocycles. The van der Waals surface area contributed by atoms with Crippen LogP contribution in [-0.4, -0.2) is 101 Å². The van der Waals surface area contributed by atoms with Crippen molar-refractivity contribution in [3.63, 3.8) is 0 Å². The van der Waals surface area contributed by atoms with Crippen molar-refractivity contribution in [1.82, 2.24) is 14.9 Å². The number of carbonyl (C=O) groups excluding carboxylic acids is 2. The summed E-state index contributed by atoms with van der Waals surface area (Å²) in [6.07, 6.45) is 2.75. The Hall–Kier alpha value is -4.62. The molecule has 3 aromatic carbocycles. The number of halogens is 2. The van der Waals surface area contributed by atoms with E-state index >= 15 is 0 Å². The summed E-state index contributed by atoms with van der Waals surface area (Å²) < 4.78 is 11.0. The van der Waals surface area contributed by atoms with Crippen LogP contribution in [0.3, 0.4) is 0 Å². The van der Waals surface area contributed by atoms with Gasteiger partial charge in [-0.05, 0) is 89.9 Å². The Balaban J connectivity index is 1.05. The van der Waals surface area contributed by atoms with Gasteiger partial charge in [0.2, 0.25) is 0 Å². The molecular formula is C47H59Cl2N8O5S+. The first-order chi connectivity index (χ1) is 30.0. The third-order valence-corrected chi connectivity index (χ3v) is 12.7. The summed E-state index contributed by atoms with van der Waals surface area (Å²) in [5.74, 6) is 2.60. The average Bonchev–Trinajstić information content (AvgIpc) is 3.26. The number of anilines is 3. The maximum absolute atomic E-state index is 13.0. The summed E-state index contributed by atoms with van der Waals surface area (Å²) in [7, 11) is 1.46. The molecule has 0 amide bonds. The van der Waals surface area contributed by atoms with E-state index in [0.717, 1.165) is 87.7 Å². The molecule has 0 spiro atoms. The number of piperazine rings is 1. The van der Waals surface area contributed by atoms with Crippen LogP contribution in [0, 0.1) is 23.2 Å². The third kappa shape index (κ3) is 12.1. The summed E-state index contributed by atoms with van der Waals surface area (Å²) >= 11 is 16.6. The largest absolute Gasteiger partial charge is 0.489 e. The fourth-order valence-corrected chi connectivity index (χ4v) is 8.60. The van der Waals surface area contributed by atoms with Crippen LogP contribution < -0.4 is 24.7 Å². The maximum atomic E-state index is 13.0. The highest BCUT2D eigenvalue weighted by atomic mass is 35.5. The Morgan fingerprint density at radius 2 is 1.68 bits per heavy atom. The van der Waals surface area contributed by atoms with Gasteiger partial charge in [-0.25, -0.2) is 4.98 Å². The van der Waals surface area contributed by atoms with Gasteiger partial charge in [0.15, 0.2) is 17.3 Å². The Morgan fingerprint density at radius 1 is 0.984 bits per heavy atom. The highest BCUT2D eigenvalue weighted by Crippen LogP contribution is 2.39. The van der Waals surface area contributed by atoms with Gasteiger partial charge < -0.3 is 19.3 Å². The first-order valence-electron chi connectivity index (χ1n) is 21.6.